The first-order chi connectivity index (χ1) is 11.0. The summed E-state index contributed by atoms with van der Waals surface area (Å²) in [5, 5.41) is 0. The monoisotopic (exact) mass is 322 g/mol. The molecular formula is C19H30O4. The molecule has 4 heteroatoms. The number of Topliss-reactive ketones (excluding diaryl/α,β-unsaturated/α-hetero) is 1. The third-order valence-corrected chi connectivity index (χ3v) is 6.47. The summed E-state index contributed by atoms with van der Waals surface area (Å²) in [6.45, 7) is 2.07. The number of ether oxygens (including phenoxy) is 2. The number of carbonyl (C=O) groups excluding carboxylic acids is 2. The van der Waals surface area contributed by atoms with Gasteiger partial charge in [-0.3, -0.25) is 9.59 Å². The summed E-state index contributed by atoms with van der Waals surface area (Å²) in [6.07, 6.45) is 10.8. The zero-order valence-electron chi connectivity index (χ0n) is 14.6. The SMILES string of the molecule is COC(=O)[C@@]12CCCCCCCCC[C@H](C1=O)[C@@]1(C)CC[C@@H]2O1. The highest BCUT2D eigenvalue weighted by Crippen LogP contribution is 2.54. The summed E-state index contributed by atoms with van der Waals surface area (Å²) in [5.41, 5.74) is -1.42. The van der Waals surface area contributed by atoms with E-state index in [9.17, 15) is 9.59 Å². The summed E-state index contributed by atoms with van der Waals surface area (Å²) in [6, 6.07) is 0. The lowest BCUT2D eigenvalue weighted by Gasteiger charge is -2.46. The van der Waals surface area contributed by atoms with E-state index in [1.165, 1.54) is 32.8 Å². The van der Waals surface area contributed by atoms with Gasteiger partial charge in [0.1, 0.15) is 0 Å². The molecule has 0 unspecified atom stereocenters. The molecule has 4 bridgehead atoms. The number of methoxy groups -OCH3 is 1. The van der Waals surface area contributed by atoms with E-state index in [1.54, 1.807) is 0 Å². The lowest BCUT2D eigenvalue weighted by molar-refractivity contribution is -0.197. The lowest BCUT2D eigenvalue weighted by atomic mass is 9.65. The first kappa shape index (κ1) is 16.9. The van der Waals surface area contributed by atoms with Crippen LogP contribution < -0.4 is 0 Å². The quantitative estimate of drug-likeness (QED) is 0.544. The molecule has 0 radical (unpaired) electrons. The van der Waals surface area contributed by atoms with Crippen LogP contribution in [-0.4, -0.2) is 30.6 Å². The minimum Gasteiger partial charge on any atom is -0.468 e. The Bertz CT molecular complexity index is 474. The zero-order chi connectivity index (χ0) is 16.5. The van der Waals surface area contributed by atoms with Gasteiger partial charge in [-0.25, -0.2) is 0 Å². The first-order valence-corrected chi connectivity index (χ1v) is 9.35. The van der Waals surface area contributed by atoms with Crippen LogP contribution in [-0.2, 0) is 19.1 Å². The summed E-state index contributed by atoms with van der Waals surface area (Å²) in [7, 11) is 1.40. The Morgan fingerprint density at radius 1 is 1.04 bits per heavy atom. The summed E-state index contributed by atoms with van der Waals surface area (Å²) in [5.74, 6) is -0.403. The molecule has 1 saturated carbocycles. The number of rotatable bonds is 1. The summed E-state index contributed by atoms with van der Waals surface area (Å²) >= 11 is 0. The van der Waals surface area contributed by atoms with E-state index in [0.717, 1.165) is 38.5 Å². The fourth-order valence-electron chi connectivity index (χ4n) is 5.08. The van der Waals surface area contributed by atoms with Crippen LogP contribution in [0.4, 0.5) is 0 Å². The Morgan fingerprint density at radius 3 is 2.39 bits per heavy atom. The second kappa shape index (κ2) is 6.54. The van der Waals surface area contributed by atoms with Gasteiger partial charge in [0.15, 0.2) is 11.2 Å². The molecule has 0 spiro atoms. The van der Waals surface area contributed by atoms with Crippen molar-refractivity contribution in [3.63, 3.8) is 0 Å². The molecule has 1 aliphatic carbocycles. The normalized spacial score (nSPS) is 41.7. The molecule has 4 nitrogen and oxygen atoms in total. The van der Waals surface area contributed by atoms with E-state index in [1.807, 2.05) is 0 Å². The molecule has 3 aliphatic rings. The van der Waals surface area contributed by atoms with Crippen molar-refractivity contribution in [2.45, 2.75) is 89.3 Å². The van der Waals surface area contributed by atoms with E-state index in [0.29, 0.717) is 6.42 Å². The van der Waals surface area contributed by atoms with Crippen LogP contribution >= 0.6 is 0 Å². The maximum atomic E-state index is 13.5. The van der Waals surface area contributed by atoms with Crippen LogP contribution in [0.15, 0.2) is 0 Å². The molecule has 3 fully saturated rings. The van der Waals surface area contributed by atoms with Gasteiger partial charge in [0, 0.05) is 5.92 Å². The third-order valence-electron chi connectivity index (χ3n) is 6.47. The molecular weight excluding hydrogens is 292 g/mol. The molecule has 2 heterocycles. The second-order valence-corrected chi connectivity index (χ2v) is 7.85. The molecule has 130 valence electrons. The van der Waals surface area contributed by atoms with Crippen LogP contribution in [0, 0.1) is 11.3 Å². The van der Waals surface area contributed by atoms with Gasteiger partial charge in [-0.2, -0.15) is 0 Å². The van der Waals surface area contributed by atoms with Gasteiger partial charge in [-0.05, 0) is 32.6 Å². The Hall–Kier alpha value is -0.900. The van der Waals surface area contributed by atoms with Crippen molar-refractivity contribution >= 4 is 11.8 Å². The average Bonchev–Trinajstić information content (AvgIpc) is 2.90. The van der Waals surface area contributed by atoms with Crippen LogP contribution in [0.25, 0.3) is 0 Å². The highest BCUT2D eigenvalue weighted by molar-refractivity contribution is 6.06. The van der Waals surface area contributed by atoms with Crippen molar-refractivity contribution < 1.29 is 19.1 Å². The van der Waals surface area contributed by atoms with Gasteiger partial charge in [0.2, 0.25) is 0 Å². The van der Waals surface area contributed by atoms with Gasteiger partial charge in [0.25, 0.3) is 0 Å². The van der Waals surface area contributed by atoms with Gasteiger partial charge in [-0.15, -0.1) is 0 Å². The molecule has 0 N–H and O–H groups in total. The van der Waals surface area contributed by atoms with E-state index >= 15 is 0 Å². The minimum atomic E-state index is -1.05. The van der Waals surface area contributed by atoms with E-state index in [-0.39, 0.29) is 29.4 Å². The summed E-state index contributed by atoms with van der Waals surface area (Å²) < 4.78 is 11.4. The van der Waals surface area contributed by atoms with E-state index in [2.05, 4.69) is 6.92 Å². The third kappa shape index (κ3) is 2.73. The fourth-order valence-corrected chi connectivity index (χ4v) is 5.08. The Balaban J connectivity index is 1.97. The summed E-state index contributed by atoms with van der Waals surface area (Å²) in [4.78, 5) is 26.1. The molecule has 2 saturated heterocycles. The standard InChI is InChI=1S/C19H30O4/c1-18-13-11-15(23-18)19(17(21)22-2)12-9-7-5-3-4-6-8-10-14(18)16(19)20/h14-15H,3-13H2,1-2H3/t14-,15+,18-,19-/m1/s1. The van der Waals surface area contributed by atoms with Gasteiger partial charge < -0.3 is 9.47 Å². The van der Waals surface area contributed by atoms with Gasteiger partial charge in [0.05, 0.1) is 18.8 Å². The number of hydrogen-bond donors (Lipinski definition) is 0. The maximum absolute atomic E-state index is 13.5. The molecule has 0 amide bonds. The van der Waals surface area contributed by atoms with Gasteiger partial charge in [-0.1, -0.05) is 44.9 Å². The molecule has 0 aromatic rings. The number of carbonyl (C=O) groups is 2. The number of esters is 1. The number of fused-ring (bicyclic) bond motifs is 6. The molecule has 0 aromatic heterocycles. The fraction of sp³-hybridized carbons (Fsp3) is 0.895. The molecule has 0 aromatic carbocycles. The predicted octanol–water partition coefficient (Wildman–Crippen LogP) is 3.81. The van der Waals surface area contributed by atoms with E-state index < -0.39 is 5.41 Å². The lowest BCUT2D eigenvalue weighted by Crippen LogP contribution is -2.60. The number of ketones is 1. The topological polar surface area (TPSA) is 52.6 Å². The van der Waals surface area contributed by atoms with Gasteiger partial charge >= 0.3 is 5.97 Å². The Labute approximate surface area is 139 Å². The highest BCUT2D eigenvalue weighted by atomic mass is 16.5. The molecule has 4 atom stereocenters. The predicted molar refractivity (Wildman–Crippen MR) is 87.0 cm³/mol. The van der Waals surface area contributed by atoms with Crippen molar-refractivity contribution in [3.05, 3.63) is 0 Å². The average molecular weight is 322 g/mol. The smallest absolute Gasteiger partial charge is 0.322 e. The second-order valence-electron chi connectivity index (χ2n) is 7.85. The largest absolute Gasteiger partial charge is 0.468 e. The van der Waals surface area contributed by atoms with Crippen molar-refractivity contribution in [1.29, 1.82) is 0 Å². The maximum Gasteiger partial charge on any atom is 0.322 e. The first-order valence-electron chi connectivity index (χ1n) is 9.35. The van der Waals surface area contributed by atoms with Crippen LogP contribution in [0.5, 0.6) is 0 Å². The molecule has 3 rings (SSSR count). The zero-order valence-corrected chi connectivity index (χ0v) is 14.6. The number of hydrogen-bond acceptors (Lipinski definition) is 4. The van der Waals surface area contributed by atoms with Crippen LogP contribution in [0.3, 0.4) is 0 Å². The molecule has 23 heavy (non-hydrogen) atoms. The minimum absolute atomic E-state index is 0.112. The van der Waals surface area contributed by atoms with Crippen molar-refractivity contribution in [3.8, 4) is 0 Å². The van der Waals surface area contributed by atoms with E-state index in [4.69, 9.17) is 9.47 Å². The Kier molecular flexibility index (Phi) is 4.82. The van der Waals surface area contributed by atoms with Crippen LogP contribution in [0.1, 0.15) is 77.6 Å². The van der Waals surface area contributed by atoms with Crippen molar-refractivity contribution in [2.75, 3.05) is 7.11 Å². The van der Waals surface area contributed by atoms with Crippen molar-refractivity contribution in [1.82, 2.24) is 0 Å². The van der Waals surface area contributed by atoms with Crippen molar-refractivity contribution in [2.24, 2.45) is 11.3 Å². The highest BCUT2D eigenvalue weighted by Gasteiger charge is 2.66. The van der Waals surface area contributed by atoms with Crippen LogP contribution in [0.2, 0.25) is 0 Å². The molecule has 2 aliphatic heterocycles. The Morgan fingerprint density at radius 2 is 1.70 bits per heavy atom.